The lowest BCUT2D eigenvalue weighted by Crippen LogP contribution is -2.51. The molecule has 184 valence electrons. The minimum absolute atomic E-state index is 0.150. The van der Waals surface area contributed by atoms with Gasteiger partial charge in [0.2, 0.25) is 11.8 Å². The lowest BCUT2D eigenvalue weighted by molar-refractivity contribution is -0.140. The summed E-state index contributed by atoms with van der Waals surface area (Å²) in [6.07, 6.45) is 1.35. The van der Waals surface area contributed by atoms with Crippen LogP contribution < -0.4 is 10.1 Å². The molecular formula is C28H30Cl2N2O3. The summed E-state index contributed by atoms with van der Waals surface area (Å²) in [6.45, 7) is 2.76. The van der Waals surface area contributed by atoms with E-state index in [-0.39, 0.29) is 24.8 Å². The number of rotatable bonds is 11. The van der Waals surface area contributed by atoms with Crippen LogP contribution in [-0.4, -0.2) is 36.4 Å². The molecule has 0 fully saturated rings. The van der Waals surface area contributed by atoms with Crippen LogP contribution in [0, 0.1) is 0 Å². The van der Waals surface area contributed by atoms with Crippen LogP contribution in [0.1, 0.15) is 30.0 Å². The highest BCUT2D eigenvalue weighted by Gasteiger charge is 2.30. The Bertz CT molecular complexity index is 1120. The summed E-state index contributed by atoms with van der Waals surface area (Å²) >= 11 is 12.4. The van der Waals surface area contributed by atoms with Crippen molar-refractivity contribution in [2.24, 2.45) is 0 Å². The zero-order chi connectivity index (χ0) is 25.2. The fourth-order valence-electron chi connectivity index (χ4n) is 3.77. The van der Waals surface area contributed by atoms with Crippen molar-refractivity contribution in [2.45, 2.75) is 38.8 Å². The molecule has 0 aliphatic rings. The van der Waals surface area contributed by atoms with E-state index in [1.807, 2.05) is 67.6 Å². The molecule has 0 aliphatic carbocycles. The lowest BCUT2D eigenvalue weighted by atomic mass is 10.0. The van der Waals surface area contributed by atoms with Gasteiger partial charge in [0, 0.05) is 19.5 Å². The Morgan fingerprint density at radius 2 is 1.60 bits per heavy atom. The molecule has 1 atom stereocenters. The summed E-state index contributed by atoms with van der Waals surface area (Å²) in [6, 6.07) is 21.6. The topological polar surface area (TPSA) is 58.6 Å². The highest BCUT2D eigenvalue weighted by atomic mass is 35.5. The van der Waals surface area contributed by atoms with Crippen molar-refractivity contribution < 1.29 is 14.3 Å². The summed E-state index contributed by atoms with van der Waals surface area (Å²) in [7, 11) is 1.60. The first-order valence-corrected chi connectivity index (χ1v) is 12.3. The highest BCUT2D eigenvalue weighted by molar-refractivity contribution is 6.42. The van der Waals surface area contributed by atoms with E-state index in [0.717, 1.165) is 28.9 Å². The number of ether oxygens (including phenoxy) is 1. The van der Waals surface area contributed by atoms with Crippen LogP contribution in [0.25, 0.3) is 0 Å². The number of benzene rings is 3. The summed E-state index contributed by atoms with van der Waals surface area (Å²) in [5.74, 6) is 0.377. The van der Waals surface area contributed by atoms with E-state index >= 15 is 0 Å². The second-order valence-electron chi connectivity index (χ2n) is 8.29. The van der Waals surface area contributed by atoms with Gasteiger partial charge >= 0.3 is 0 Å². The maximum Gasteiger partial charge on any atom is 0.243 e. The average Bonchev–Trinajstić information content (AvgIpc) is 2.87. The smallest absolute Gasteiger partial charge is 0.243 e. The molecule has 3 aromatic carbocycles. The van der Waals surface area contributed by atoms with E-state index in [2.05, 4.69) is 5.32 Å². The van der Waals surface area contributed by atoms with Crippen molar-refractivity contribution in [1.82, 2.24) is 10.2 Å². The average molecular weight is 513 g/mol. The van der Waals surface area contributed by atoms with Crippen molar-refractivity contribution in [2.75, 3.05) is 13.7 Å². The van der Waals surface area contributed by atoms with E-state index in [4.69, 9.17) is 27.9 Å². The van der Waals surface area contributed by atoms with Gasteiger partial charge in [-0.25, -0.2) is 0 Å². The van der Waals surface area contributed by atoms with Gasteiger partial charge in [-0.15, -0.1) is 0 Å². The van der Waals surface area contributed by atoms with Gasteiger partial charge in [0.1, 0.15) is 11.8 Å². The number of nitrogens with zero attached hydrogens (tertiary/aromatic N) is 1. The van der Waals surface area contributed by atoms with Gasteiger partial charge in [-0.2, -0.15) is 0 Å². The Kier molecular flexibility index (Phi) is 10.0. The summed E-state index contributed by atoms with van der Waals surface area (Å²) in [4.78, 5) is 28.7. The molecule has 3 rings (SSSR count). The molecule has 0 heterocycles. The minimum Gasteiger partial charge on any atom is -0.497 e. The van der Waals surface area contributed by atoms with Crippen LogP contribution in [0.5, 0.6) is 5.75 Å². The fraction of sp³-hybridized carbons (Fsp3) is 0.286. The Labute approximate surface area is 217 Å². The number of amides is 2. The van der Waals surface area contributed by atoms with Crippen LogP contribution in [0.3, 0.4) is 0 Å². The number of methoxy groups -OCH3 is 1. The standard InChI is InChI=1S/C28H30Cl2N2O3/c1-3-15-31-28(34)26(17-20-7-5-4-6-8-20)32(19-22-11-14-24(29)25(30)16-22)27(33)18-21-9-12-23(35-2)13-10-21/h4-14,16,26H,3,15,17-19H2,1-2H3,(H,31,34)/t26-/m0/s1. The summed E-state index contributed by atoms with van der Waals surface area (Å²) in [5.41, 5.74) is 2.60. The fourth-order valence-corrected chi connectivity index (χ4v) is 4.09. The van der Waals surface area contributed by atoms with E-state index in [0.29, 0.717) is 23.0 Å². The lowest BCUT2D eigenvalue weighted by Gasteiger charge is -2.32. The molecule has 0 spiro atoms. The van der Waals surface area contributed by atoms with Crippen LogP contribution in [0.15, 0.2) is 72.8 Å². The molecule has 35 heavy (non-hydrogen) atoms. The second kappa shape index (κ2) is 13.2. The minimum atomic E-state index is -0.691. The van der Waals surface area contributed by atoms with Crippen LogP contribution >= 0.6 is 23.2 Å². The van der Waals surface area contributed by atoms with Gasteiger partial charge in [0.05, 0.1) is 23.6 Å². The number of halogens is 2. The van der Waals surface area contributed by atoms with E-state index in [1.54, 1.807) is 24.1 Å². The molecule has 0 radical (unpaired) electrons. The first kappa shape index (κ1) is 26.6. The van der Waals surface area contributed by atoms with Gasteiger partial charge in [-0.05, 0) is 47.4 Å². The van der Waals surface area contributed by atoms with Gasteiger partial charge in [0.15, 0.2) is 0 Å². The molecule has 5 nitrogen and oxygen atoms in total. The number of carbonyl (C=O) groups excluding carboxylic acids is 2. The molecule has 2 amide bonds. The van der Waals surface area contributed by atoms with E-state index < -0.39 is 6.04 Å². The van der Waals surface area contributed by atoms with Gasteiger partial charge in [-0.3, -0.25) is 9.59 Å². The molecule has 7 heteroatoms. The molecule has 0 saturated carbocycles. The first-order valence-electron chi connectivity index (χ1n) is 11.6. The molecular weight excluding hydrogens is 483 g/mol. The number of hydrogen-bond acceptors (Lipinski definition) is 3. The van der Waals surface area contributed by atoms with Crippen molar-refractivity contribution in [3.8, 4) is 5.75 Å². The highest BCUT2D eigenvalue weighted by Crippen LogP contribution is 2.25. The van der Waals surface area contributed by atoms with Gasteiger partial charge in [-0.1, -0.05) is 78.7 Å². The monoisotopic (exact) mass is 512 g/mol. The third-order valence-corrected chi connectivity index (χ3v) is 6.41. The molecule has 3 aromatic rings. The molecule has 0 aromatic heterocycles. The van der Waals surface area contributed by atoms with E-state index in [9.17, 15) is 9.59 Å². The third-order valence-electron chi connectivity index (χ3n) is 5.67. The van der Waals surface area contributed by atoms with Gasteiger partial charge in [0.25, 0.3) is 0 Å². The second-order valence-corrected chi connectivity index (χ2v) is 9.11. The number of carbonyl (C=O) groups is 2. The van der Waals surface area contributed by atoms with Crippen molar-refractivity contribution in [1.29, 1.82) is 0 Å². The van der Waals surface area contributed by atoms with Crippen molar-refractivity contribution in [3.05, 3.63) is 99.5 Å². The Balaban J connectivity index is 1.95. The first-order chi connectivity index (χ1) is 16.9. The summed E-state index contributed by atoms with van der Waals surface area (Å²) in [5, 5.41) is 3.82. The largest absolute Gasteiger partial charge is 0.497 e. The predicted octanol–water partition coefficient (Wildman–Crippen LogP) is 5.71. The molecule has 0 unspecified atom stereocenters. The summed E-state index contributed by atoms with van der Waals surface area (Å²) < 4.78 is 5.22. The maximum atomic E-state index is 13.7. The normalized spacial score (nSPS) is 11.5. The van der Waals surface area contributed by atoms with Crippen molar-refractivity contribution >= 4 is 35.0 Å². The maximum absolute atomic E-state index is 13.7. The zero-order valence-electron chi connectivity index (χ0n) is 20.0. The molecule has 0 aliphatic heterocycles. The number of nitrogens with one attached hydrogen (secondary N) is 1. The number of hydrogen-bond donors (Lipinski definition) is 1. The Morgan fingerprint density at radius 3 is 2.23 bits per heavy atom. The van der Waals surface area contributed by atoms with Crippen LogP contribution in [0.2, 0.25) is 10.0 Å². The Hall–Kier alpha value is -3.02. The van der Waals surface area contributed by atoms with E-state index in [1.165, 1.54) is 0 Å². The quantitative estimate of drug-likeness (QED) is 0.357. The SMILES string of the molecule is CCCNC(=O)[C@H](Cc1ccccc1)N(Cc1ccc(Cl)c(Cl)c1)C(=O)Cc1ccc(OC)cc1. The van der Waals surface area contributed by atoms with Crippen molar-refractivity contribution in [3.63, 3.8) is 0 Å². The zero-order valence-corrected chi connectivity index (χ0v) is 21.5. The molecule has 0 saturated heterocycles. The van der Waals surface area contributed by atoms with Crippen LogP contribution in [0.4, 0.5) is 0 Å². The van der Waals surface area contributed by atoms with Gasteiger partial charge < -0.3 is 15.0 Å². The molecule has 1 N–H and O–H groups in total. The Morgan fingerprint density at radius 1 is 0.914 bits per heavy atom. The third kappa shape index (κ3) is 7.74. The predicted molar refractivity (Wildman–Crippen MR) is 141 cm³/mol. The van der Waals surface area contributed by atoms with Crippen LogP contribution in [-0.2, 0) is 29.0 Å². The molecule has 0 bridgehead atoms.